The van der Waals surface area contributed by atoms with Gasteiger partial charge in [0.25, 0.3) is 0 Å². The highest BCUT2D eigenvalue weighted by molar-refractivity contribution is 5.79. The zero-order valence-corrected chi connectivity index (χ0v) is 14.4. The molecule has 0 fully saturated rings. The summed E-state index contributed by atoms with van der Waals surface area (Å²) in [5, 5.41) is 15.2. The minimum Gasteiger partial charge on any atom is -0.356 e. The molecule has 2 N–H and O–H groups in total. The molecular formula is C17H28N6. The summed E-state index contributed by atoms with van der Waals surface area (Å²) in [4.78, 5) is 4.27. The van der Waals surface area contributed by atoms with Gasteiger partial charge in [-0.05, 0) is 24.5 Å². The minimum atomic E-state index is 0.705. The Kier molecular flexibility index (Phi) is 6.84. The highest BCUT2D eigenvalue weighted by Crippen LogP contribution is 2.05. The number of guanidine groups is 1. The van der Waals surface area contributed by atoms with Gasteiger partial charge in [-0.25, -0.2) is 0 Å². The second kappa shape index (κ2) is 9.12. The topological polar surface area (TPSA) is 66.6 Å². The summed E-state index contributed by atoms with van der Waals surface area (Å²) in [6.45, 7) is 6.30. The van der Waals surface area contributed by atoms with E-state index in [1.807, 2.05) is 35.8 Å². The number of nitrogens with one attached hydrogen (secondary N) is 2. The van der Waals surface area contributed by atoms with E-state index in [2.05, 4.69) is 39.7 Å². The molecule has 23 heavy (non-hydrogen) atoms. The first kappa shape index (κ1) is 17.2. The number of aliphatic imine (C=N–C) groups is 1. The van der Waals surface area contributed by atoms with Gasteiger partial charge in [0, 0.05) is 32.8 Å². The number of nitrogens with zero attached hydrogens (tertiary/aromatic N) is 4. The molecule has 0 atom stereocenters. The van der Waals surface area contributed by atoms with E-state index in [0.29, 0.717) is 5.92 Å². The lowest BCUT2D eigenvalue weighted by atomic mass is 10.0. The minimum absolute atomic E-state index is 0.705. The van der Waals surface area contributed by atoms with Crippen molar-refractivity contribution < 1.29 is 0 Å². The van der Waals surface area contributed by atoms with Gasteiger partial charge in [-0.1, -0.05) is 32.8 Å². The third-order valence-electron chi connectivity index (χ3n) is 4.19. The molecule has 0 radical (unpaired) electrons. The molecule has 0 aliphatic rings. The molecule has 0 saturated heterocycles. The summed E-state index contributed by atoms with van der Waals surface area (Å²) in [6, 6.07) is 5.95. The van der Waals surface area contributed by atoms with Gasteiger partial charge in [-0.2, -0.15) is 0 Å². The van der Waals surface area contributed by atoms with Crippen LogP contribution in [0.15, 0.2) is 29.4 Å². The third kappa shape index (κ3) is 4.94. The van der Waals surface area contributed by atoms with Gasteiger partial charge in [0.2, 0.25) is 0 Å². The summed E-state index contributed by atoms with van der Waals surface area (Å²) >= 11 is 0. The zero-order valence-electron chi connectivity index (χ0n) is 14.4. The maximum absolute atomic E-state index is 4.27. The van der Waals surface area contributed by atoms with Crippen LogP contribution in [0.5, 0.6) is 0 Å². The van der Waals surface area contributed by atoms with Crippen LogP contribution in [0.1, 0.15) is 38.9 Å². The molecule has 2 aromatic heterocycles. The van der Waals surface area contributed by atoms with Crippen molar-refractivity contribution in [1.29, 1.82) is 0 Å². The molecule has 126 valence electrons. The molecular weight excluding hydrogens is 288 g/mol. The Bertz CT molecular complexity index is 614. The smallest absolute Gasteiger partial charge is 0.190 e. The molecule has 0 amide bonds. The fourth-order valence-electron chi connectivity index (χ4n) is 2.55. The fourth-order valence-corrected chi connectivity index (χ4v) is 2.55. The monoisotopic (exact) mass is 316 g/mol. The number of rotatable bonds is 8. The van der Waals surface area contributed by atoms with Gasteiger partial charge < -0.3 is 10.6 Å². The van der Waals surface area contributed by atoms with Crippen molar-refractivity contribution in [2.45, 2.75) is 39.5 Å². The Labute approximate surface area is 138 Å². The van der Waals surface area contributed by atoms with Crippen LogP contribution in [-0.4, -0.2) is 40.7 Å². The summed E-state index contributed by atoms with van der Waals surface area (Å²) in [6.07, 6.45) is 6.28. The lowest BCUT2D eigenvalue weighted by molar-refractivity contribution is 0.481. The van der Waals surface area contributed by atoms with Crippen LogP contribution < -0.4 is 10.6 Å². The van der Waals surface area contributed by atoms with E-state index >= 15 is 0 Å². The SMILES string of the molecule is CCC(CC)CNC(=NC)NCCCc1nnc2ccccn12. The average Bonchev–Trinajstić information content (AvgIpc) is 3.00. The Morgan fingerprint density at radius 1 is 1.22 bits per heavy atom. The first-order chi connectivity index (χ1) is 11.3. The number of pyridine rings is 1. The zero-order chi connectivity index (χ0) is 16.5. The van der Waals surface area contributed by atoms with Crippen LogP contribution in [0.4, 0.5) is 0 Å². The molecule has 2 rings (SSSR count). The van der Waals surface area contributed by atoms with Crippen molar-refractivity contribution in [2.24, 2.45) is 10.9 Å². The first-order valence-corrected chi connectivity index (χ1v) is 8.51. The van der Waals surface area contributed by atoms with Crippen molar-refractivity contribution in [1.82, 2.24) is 25.2 Å². The number of aromatic nitrogens is 3. The van der Waals surface area contributed by atoms with Crippen molar-refractivity contribution in [3.8, 4) is 0 Å². The van der Waals surface area contributed by atoms with Crippen molar-refractivity contribution in [2.75, 3.05) is 20.1 Å². The molecule has 2 heterocycles. The number of aryl methyl sites for hydroxylation is 1. The molecule has 0 aromatic carbocycles. The normalized spacial score (nSPS) is 12.1. The standard InChI is InChI=1S/C17H28N6/c1-4-14(5-2)13-20-17(18-3)19-11-8-10-16-22-21-15-9-6-7-12-23(15)16/h6-7,9,12,14H,4-5,8,10-11,13H2,1-3H3,(H2,18,19,20). The van der Waals surface area contributed by atoms with Crippen molar-refractivity contribution >= 4 is 11.6 Å². The fraction of sp³-hybridized carbons (Fsp3) is 0.588. The second-order valence-electron chi connectivity index (χ2n) is 5.71. The van der Waals surface area contributed by atoms with Gasteiger partial charge in [-0.3, -0.25) is 9.39 Å². The van der Waals surface area contributed by atoms with E-state index < -0.39 is 0 Å². The number of hydrogen-bond acceptors (Lipinski definition) is 3. The van der Waals surface area contributed by atoms with Gasteiger partial charge in [0.05, 0.1) is 0 Å². The van der Waals surface area contributed by atoms with Crippen LogP contribution in [0.25, 0.3) is 5.65 Å². The van der Waals surface area contributed by atoms with Gasteiger partial charge >= 0.3 is 0 Å². The van der Waals surface area contributed by atoms with E-state index in [1.165, 1.54) is 12.8 Å². The third-order valence-corrected chi connectivity index (χ3v) is 4.19. The molecule has 0 bridgehead atoms. The predicted octanol–water partition coefficient (Wildman–Crippen LogP) is 2.26. The average molecular weight is 316 g/mol. The predicted molar refractivity (Wildman–Crippen MR) is 94.7 cm³/mol. The van der Waals surface area contributed by atoms with Gasteiger partial charge in [0.1, 0.15) is 5.82 Å². The molecule has 0 saturated carbocycles. The lowest BCUT2D eigenvalue weighted by Crippen LogP contribution is -2.40. The molecule has 6 nitrogen and oxygen atoms in total. The quantitative estimate of drug-likeness (QED) is 0.445. The van der Waals surface area contributed by atoms with E-state index in [-0.39, 0.29) is 0 Å². The Morgan fingerprint density at radius 3 is 2.78 bits per heavy atom. The van der Waals surface area contributed by atoms with Crippen LogP contribution in [0.3, 0.4) is 0 Å². The molecule has 6 heteroatoms. The highest BCUT2D eigenvalue weighted by Gasteiger charge is 2.06. The Balaban J connectivity index is 1.73. The van der Waals surface area contributed by atoms with E-state index in [0.717, 1.165) is 43.4 Å². The number of hydrogen-bond donors (Lipinski definition) is 2. The van der Waals surface area contributed by atoms with E-state index in [4.69, 9.17) is 0 Å². The lowest BCUT2D eigenvalue weighted by Gasteiger charge is -2.16. The summed E-state index contributed by atoms with van der Waals surface area (Å²) in [7, 11) is 1.81. The maximum Gasteiger partial charge on any atom is 0.190 e. The van der Waals surface area contributed by atoms with E-state index in [1.54, 1.807) is 0 Å². The van der Waals surface area contributed by atoms with Crippen LogP contribution in [0.2, 0.25) is 0 Å². The summed E-state index contributed by atoms with van der Waals surface area (Å²) in [5.74, 6) is 2.58. The van der Waals surface area contributed by atoms with E-state index in [9.17, 15) is 0 Å². The molecule has 0 spiro atoms. The Hall–Kier alpha value is -2.11. The number of fused-ring (bicyclic) bond motifs is 1. The van der Waals surface area contributed by atoms with Gasteiger partial charge in [-0.15, -0.1) is 10.2 Å². The summed E-state index contributed by atoms with van der Waals surface area (Å²) < 4.78 is 2.04. The largest absolute Gasteiger partial charge is 0.356 e. The van der Waals surface area contributed by atoms with Crippen LogP contribution >= 0.6 is 0 Å². The maximum atomic E-state index is 4.27. The van der Waals surface area contributed by atoms with Crippen LogP contribution in [0, 0.1) is 5.92 Å². The summed E-state index contributed by atoms with van der Waals surface area (Å²) in [5.41, 5.74) is 0.901. The molecule has 0 unspecified atom stereocenters. The van der Waals surface area contributed by atoms with Crippen LogP contribution in [-0.2, 0) is 6.42 Å². The highest BCUT2D eigenvalue weighted by atomic mass is 15.2. The second-order valence-corrected chi connectivity index (χ2v) is 5.71. The van der Waals surface area contributed by atoms with Crippen molar-refractivity contribution in [3.63, 3.8) is 0 Å². The van der Waals surface area contributed by atoms with Crippen molar-refractivity contribution in [3.05, 3.63) is 30.2 Å². The van der Waals surface area contributed by atoms with Gasteiger partial charge in [0.15, 0.2) is 11.6 Å². The first-order valence-electron chi connectivity index (χ1n) is 8.51. The molecule has 0 aliphatic carbocycles. The molecule has 2 aromatic rings. The Morgan fingerprint density at radius 2 is 2.04 bits per heavy atom. The molecule has 0 aliphatic heterocycles.